The van der Waals surface area contributed by atoms with Crippen LogP contribution in [0.15, 0.2) is 94.6 Å². The molecule has 1 aliphatic heterocycles. The highest BCUT2D eigenvalue weighted by Crippen LogP contribution is 2.53. The Morgan fingerprint density at radius 1 is 0.943 bits per heavy atom. The normalized spacial score (nSPS) is 18.6. The van der Waals surface area contributed by atoms with Crippen LogP contribution in [0.2, 0.25) is 0 Å². The molecule has 2 heterocycles. The fourth-order valence-electron chi connectivity index (χ4n) is 7.10. The van der Waals surface area contributed by atoms with Crippen molar-refractivity contribution in [2.24, 2.45) is 0 Å². The third-order valence-electron chi connectivity index (χ3n) is 9.53. The van der Waals surface area contributed by atoms with Crippen molar-refractivity contribution in [2.75, 3.05) is 20.8 Å². The van der Waals surface area contributed by atoms with E-state index in [1.54, 1.807) is 21.1 Å². The quantitative estimate of drug-likeness (QED) is 0.0772. The summed E-state index contributed by atoms with van der Waals surface area (Å²) in [6.07, 6.45) is -2.32. The number of aliphatic hydroxyl groups is 1. The number of aromatic amines is 1. The number of aromatic nitrogens is 2. The van der Waals surface area contributed by atoms with E-state index >= 15 is 0 Å². The molecule has 0 aliphatic carbocycles. The average molecular weight is 745 g/mol. The average Bonchev–Trinajstić information content (AvgIpc) is 3.57. The Labute approximate surface area is 311 Å². The first-order chi connectivity index (χ1) is 25.5. The van der Waals surface area contributed by atoms with Gasteiger partial charge in [0.15, 0.2) is 0 Å². The van der Waals surface area contributed by atoms with Gasteiger partial charge >= 0.3 is 5.69 Å². The van der Waals surface area contributed by atoms with Gasteiger partial charge in [0.1, 0.15) is 29.9 Å². The largest absolute Gasteiger partial charge is 0.497 e. The second-order valence-corrected chi connectivity index (χ2v) is 14.9. The number of hydrogen-bond donors (Lipinski definition) is 2. The van der Waals surface area contributed by atoms with Crippen molar-refractivity contribution in [3.05, 3.63) is 128 Å². The summed E-state index contributed by atoms with van der Waals surface area (Å²) in [4.78, 5) is 28.0. The topological polar surface area (TPSA) is 148 Å². The number of nitrogens with zero attached hydrogens (tertiary/aromatic N) is 3. The van der Waals surface area contributed by atoms with Gasteiger partial charge in [-0.3, -0.25) is 14.3 Å². The van der Waals surface area contributed by atoms with Gasteiger partial charge in [-0.2, -0.15) is 5.26 Å². The van der Waals surface area contributed by atoms with E-state index in [-0.39, 0.29) is 31.5 Å². The molecular formula is C40H49N4O8P. The van der Waals surface area contributed by atoms with E-state index in [9.17, 15) is 20.0 Å². The van der Waals surface area contributed by atoms with Crippen LogP contribution in [0.25, 0.3) is 0 Å². The van der Waals surface area contributed by atoms with Crippen molar-refractivity contribution < 1.29 is 28.4 Å². The van der Waals surface area contributed by atoms with E-state index in [0.717, 1.165) is 16.7 Å². The molecule has 1 saturated heterocycles. The second-order valence-electron chi connectivity index (χ2n) is 13.5. The lowest BCUT2D eigenvalue weighted by molar-refractivity contribution is -0.0953. The summed E-state index contributed by atoms with van der Waals surface area (Å²) in [5.41, 5.74) is 0.230. The van der Waals surface area contributed by atoms with Crippen LogP contribution in [0, 0.1) is 18.3 Å². The third kappa shape index (κ3) is 8.42. The summed E-state index contributed by atoms with van der Waals surface area (Å²) in [7, 11) is 1.41. The summed E-state index contributed by atoms with van der Waals surface area (Å²) < 4.78 is 34.5. The van der Waals surface area contributed by atoms with Crippen LogP contribution in [-0.2, 0) is 19.2 Å². The number of methoxy groups -OCH3 is 2. The molecule has 5 rings (SSSR count). The van der Waals surface area contributed by atoms with Crippen LogP contribution in [0.4, 0.5) is 0 Å². The van der Waals surface area contributed by atoms with Crippen LogP contribution in [0.5, 0.6) is 11.5 Å². The molecule has 1 aromatic heterocycles. The number of nitriles is 1. The van der Waals surface area contributed by atoms with Gasteiger partial charge < -0.3 is 28.4 Å². The van der Waals surface area contributed by atoms with Crippen molar-refractivity contribution >= 4 is 8.53 Å². The fraction of sp³-hybridized carbons (Fsp3) is 0.425. The maximum atomic E-state index is 13.3. The summed E-state index contributed by atoms with van der Waals surface area (Å²) in [6.45, 7) is 9.94. The van der Waals surface area contributed by atoms with Crippen LogP contribution in [-0.4, -0.2) is 70.6 Å². The minimum atomic E-state index is -1.78. The summed E-state index contributed by atoms with van der Waals surface area (Å²) in [5.74, 6) is 1.29. The number of ether oxygens (including phenoxy) is 3. The molecule has 5 atom stereocenters. The molecule has 2 unspecified atom stereocenters. The van der Waals surface area contributed by atoms with Gasteiger partial charge in [-0.05, 0) is 75.6 Å². The molecule has 0 spiro atoms. The lowest BCUT2D eigenvalue weighted by Gasteiger charge is -2.44. The highest BCUT2D eigenvalue weighted by Gasteiger charge is 2.54. The van der Waals surface area contributed by atoms with Crippen molar-refractivity contribution in [3.63, 3.8) is 0 Å². The van der Waals surface area contributed by atoms with Gasteiger partial charge in [0, 0.05) is 30.3 Å². The number of rotatable bonds is 16. The Bertz CT molecular complexity index is 1890. The molecule has 3 aromatic carbocycles. The molecule has 13 heteroatoms. The Kier molecular flexibility index (Phi) is 13.3. The van der Waals surface area contributed by atoms with Gasteiger partial charge in [-0.25, -0.2) is 9.46 Å². The molecule has 282 valence electrons. The van der Waals surface area contributed by atoms with Crippen LogP contribution < -0.4 is 20.7 Å². The van der Waals surface area contributed by atoms with Crippen molar-refractivity contribution in [1.82, 2.24) is 14.2 Å². The van der Waals surface area contributed by atoms with E-state index in [2.05, 4.69) is 15.7 Å². The van der Waals surface area contributed by atoms with Crippen LogP contribution in [0.3, 0.4) is 0 Å². The molecule has 4 aromatic rings. The number of benzene rings is 3. The lowest BCUT2D eigenvalue weighted by atomic mass is 9.64. The molecule has 1 aliphatic rings. The fourth-order valence-corrected chi connectivity index (χ4v) is 8.84. The van der Waals surface area contributed by atoms with E-state index in [0.29, 0.717) is 17.1 Å². The maximum absolute atomic E-state index is 13.3. The Morgan fingerprint density at radius 3 is 2.00 bits per heavy atom. The Morgan fingerprint density at radius 2 is 1.49 bits per heavy atom. The van der Waals surface area contributed by atoms with Crippen molar-refractivity contribution in [3.8, 4) is 17.6 Å². The standard InChI is InChI=1S/C40H49N4O8P/c1-26(2)44(27(3)4)53(50-23-11-22-41)52-34-24-35(43-25-28(5)38(46)42-39(43)47)51-36(34)37(45)40(29-12-9-8-10-13-29,30-14-18-32(48-6)19-15-30)31-16-20-33(49-7)21-17-31/h8-10,12-21,25-27,34-37,45H,11,23-24H2,1-7H3,(H,42,46,47)/t34-,35+,36-,37?,53?/m0/s1. The number of aliphatic hydroxyl groups excluding tert-OH is 1. The number of H-pyrrole nitrogens is 1. The Balaban J connectivity index is 1.73. The van der Waals surface area contributed by atoms with Gasteiger partial charge in [0.25, 0.3) is 14.1 Å². The minimum absolute atomic E-state index is 0.0103. The summed E-state index contributed by atoms with van der Waals surface area (Å²) in [6, 6.07) is 27.0. The highest BCUT2D eigenvalue weighted by molar-refractivity contribution is 7.44. The summed E-state index contributed by atoms with van der Waals surface area (Å²) in [5, 5.41) is 22.6. The number of aryl methyl sites for hydroxylation is 1. The monoisotopic (exact) mass is 744 g/mol. The zero-order valence-electron chi connectivity index (χ0n) is 31.3. The van der Waals surface area contributed by atoms with Crippen molar-refractivity contribution in [1.29, 1.82) is 5.26 Å². The number of hydrogen-bond acceptors (Lipinski definition) is 10. The smallest absolute Gasteiger partial charge is 0.330 e. The molecule has 0 bridgehead atoms. The van der Waals surface area contributed by atoms with E-state index in [1.165, 1.54) is 10.8 Å². The molecule has 1 fully saturated rings. The van der Waals surface area contributed by atoms with Gasteiger partial charge in [-0.1, -0.05) is 54.6 Å². The predicted molar refractivity (Wildman–Crippen MR) is 203 cm³/mol. The molecule has 0 saturated carbocycles. The minimum Gasteiger partial charge on any atom is -0.497 e. The zero-order valence-corrected chi connectivity index (χ0v) is 32.2. The zero-order chi connectivity index (χ0) is 38.3. The van der Waals surface area contributed by atoms with Crippen LogP contribution >= 0.6 is 8.53 Å². The molecule has 53 heavy (non-hydrogen) atoms. The van der Waals surface area contributed by atoms with Gasteiger partial charge in [0.05, 0.1) is 44.8 Å². The van der Waals surface area contributed by atoms with Gasteiger partial charge in [-0.15, -0.1) is 0 Å². The first-order valence-electron chi connectivity index (χ1n) is 17.7. The molecule has 0 radical (unpaired) electrons. The SMILES string of the molecule is COc1ccc(C(c2ccccc2)(c2ccc(OC)cc2)C(O)[C@H]2O[C@@H](n3cc(C)c(=O)[nH]c3=O)C[C@@H]2OP(OCCC#N)N(C(C)C)C(C)C)cc1. The first kappa shape index (κ1) is 39.9. The van der Waals surface area contributed by atoms with E-state index < -0.39 is 49.7 Å². The maximum Gasteiger partial charge on any atom is 0.330 e. The lowest BCUT2D eigenvalue weighted by Crippen LogP contribution is -2.52. The van der Waals surface area contributed by atoms with E-state index in [4.69, 9.17) is 23.3 Å². The second kappa shape index (κ2) is 17.7. The molecule has 2 N–H and O–H groups in total. The predicted octanol–water partition coefficient (Wildman–Crippen LogP) is 6.21. The summed E-state index contributed by atoms with van der Waals surface area (Å²) >= 11 is 0. The Hall–Kier alpha value is -4.34. The van der Waals surface area contributed by atoms with Crippen LogP contribution in [0.1, 0.15) is 69.0 Å². The van der Waals surface area contributed by atoms with Gasteiger partial charge in [0.2, 0.25) is 0 Å². The number of nitrogens with one attached hydrogen (secondary N) is 1. The highest BCUT2D eigenvalue weighted by atomic mass is 31.2. The van der Waals surface area contributed by atoms with E-state index in [1.807, 2.05) is 107 Å². The molecule has 0 amide bonds. The third-order valence-corrected chi connectivity index (χ3v) is 11.7. The first-order valence-corrected chi connectivity index (χ1v) is 18.8. The van der Waals surface area contributed by atoms with Crippen molar-refractivity contribution in [2.45, 2.75) is 89.5 Å². The molecule has 12 nitrogen and oxygen atoms in total. The molecular weight excluding hydrogens is 695 g/mol.